The van der Waals surface area contributed by atoms with Gasteiger partial charge in [-0.2, -0.15) is 0 Å². The molecular weight excluding hydrogens is 212 g/mol. The summed E-state index contributed by atoms with van der Waals surface area (Å²) < 4.78 is 10.6. The summed E-state index contributed by atoms with van der Waals surface area (Å²) in [6.45, 7) is 4.42. The minimum Gasteiger partial charge on any atom is -0.356 e. The molecule has 2 nitrogen and oxygen atoms in total. The zero-order valence-electron chi connectivity index (χ0n) is 11.3. The smallest absolute Gasteiger partial charge is 0.159 e. The molecule has 2 atom stereocenters. The molecule has 0 heterocycles. The molecule has 0 radical (unpaired) electrons. The molecule has 0 saturated carbocycles. The molecule has 0 aliphatic carbocycles. The largest absolute Gasteiger partial charge is 0.356 e. The molecule has 17 heavy (non-hydrogen) atoms. The SMILES string of the molecule is CCC(CC(C)C(OC)OC)c1ccccc1. The van der Waals surface area contributed by atoms with E-state index in [4.69, 9.17) is 9.47 Å². The highest BCUT2D eigenvalue weighted by atomic mass is 16.7. The summed E-state index contributed by atoms with van der Waals surface area (Å²) in [5.74, 6) is 0.981. The van der Waals surface area contributed by atoms with E-state index >= 15 is 0 Å². The molecule has 0 aliphatic rings. The van der Waals surface area contributed by atoms with Crippen molar-refractivity contribution in [3.05, 3.63) is 35.9 Å². The van der Waals surface area contributed by atoms with E-state index in [9.17, 15) is 0 Å². The Morgan fingerprint density at radius 3 is 2.12 bits per heavy atom. The minimum absolute atomic E-state index is 0.104. The number of rotatable bonds is 7. The van der Waals surface area contributed by atoms with Crippen molar-refractivity contribution in [2.24, 2.45) is 5.92 Å². The Bertz CT molecular complexity index is 293. The van der Waals surface area contributed by atoms with Crippen LogP contribution in [0.2, 0.25) is 0 Å². The fraction of sp³-hybridized carbons (Fsp3) is 0.600. The lowest BCUT2D eigenvalue weighted by Crippen LogP contribution is -2.24. The fourth-order valence-corrected chi connectivity index (χ4v) is 2.38. The van der Waals surface area contributed by atoms with Crippen LogP contribution in [0.15, 0.2) is 30.3 Å². The number of hydrogen-bond acceptors (Lipinski definition) is 2. The Kier molecular flexibility index (Phi) is 6.23. The normalized spacial score (nSPS) is 14.9. The van der Waals surface area contributed by atoms with Crippen LogP contribution in [-0.4, -0.2) is 20.5 Å². The zero-order valence-corrected chi connectivity index (χ0v) is 11.3. The van der Waals surface area contributed by atoms with Crippen molar-refractivity contribution < 1.29 is 9.47 Å². The van der Waals surface area contributed by atoms with Gasteiger partial charge in [-0.25, -0.2) is 0 Å². The Hall–Kier alpha value is -0.860. The summed E-state index contributed by atoms with van der Waals surface area (Å²) in [4.78, 5) is 0. The van der Waals surface area contributed by atoms with Crippen LogP contribution in [0.5, 0.6) is 0 Å². The van der Waals surface area contributed by atoms with Crippen LogP contribution in [0, 0.1) is 5.92 Å². The molecule has 0 saturated heterocycles. The van der Waals surface area contributed by atoms with Gasteiger partial charge in [0.05, 0.1) is 0 Å². The van der Waals surface area contributed by atoms with Gasteiger partial charge in [0.25, 0.3) is 0 Å². The molecule has 0 amide bonds. The van der Waals surface area contributed by atoms with Crippen LogP contribution >= 0.6 is 0 Å². The van der Waals surface area contributed by atoms with E-state index in [0.717, 1.165) is 12.8 Å². The van der Waals surface area contributed by atoms with E-state index in [-0.39, 0.29) is 6.29 Å². The van der Waals surface area contributed by atoms with Crippen LogP contribution in [0.3, 0.4) is 0 Å². The number of methoxy groups -OCH3 is 2. The van der Waals surface area contributed by atoms with Crippen molar-refractivity contribution in [3.63, 3.8) is 0 Å². The number of benzene rings is 1. The van der Waals surface area contributed by atoms with Gasteiger partial charge in [-0.1, -0.05) is 44.2 Å². The topological polar surface area (TPSA) is 18.5 Å². The van der Waals surface area contributed by atoms with Gasteiger partial charge in [0.2, 0.25) is 0 Å². The summed E-state index contributed by atoms with van der Waals surface area (Å²) in [6, 6.07) is 10.7. The monoisotopic (exact) mass is 236 g/mol. The van der Waals surface area contributed by atoms with Crippen LogP contribution in [-0.2, 0) is 9.47 Å². The van der Waals surface area contributed by atoms with Crippen molar-refractivity contribution >= 4 is 0 Å². The van der Waals surface area contributed by atoms with Crippen LogP contribution < -0.4 is 0 Å². The minimum atomic E-state index is -0.104. The van der Waals surface area contributed by atoms with Gasteiger partial charge in [0.15, 0.2) is 6.29 Å². The molecule has 2 heteroatoms. The number of hydrogen-bond donors (Lipinski definition) is 0. The maximum Gasteiger partial charge on any atom is 0.159 e. The van der Waals surface area contributed by atoms with Gasteiger partial charge in [0.1, 0.15) is 0 Å². The maximum atomic E-state index is 5.32. The van der Waals surface area contributed by atoms with Crippen molar-refractivity contribution in [3.8, 4) is 0 Å². The molecule has 2 unspecified atom stereocenters. The molecule has 1 aromatic rings. The third-order valence-corrected chi connectivity index (χ3v) is 3.35. The summed E-state index contributed by atoms with van der Waals surface area (Å²) in [5, 5.41) is 0. The van der Waals surface area contributed by atoms with E-state index in [1.54, 1.807) is 14.2 Å². The predicted octanol–water partition coefficient (Wildman–Crippen LogP) is 3.83. The molecule has 1 rings (SSSR count). The highest BCUT2D eigenvalue weighted by Gasteiger charge is 2.20. The molecule has 0 N–H and O–H groups in total. The van der Waals surface area contributed by atoms with E-state index in [0.29, 0.717) is 11.8 Å². The molecule has 0 aliphatic heterocycles. The molecule has 0 spiro atoms. The van der Waals surface area contributed by atoms with Crippen LogP contribution in [0.25, 0.3) is 0 Å². The average molecular weight is 236 g/mol. The summed E-state index contributed by atoms with van der Waals surface area (Å²) >= 11 is 0. The standard InChI is InChI=1S/C15H24O2/c1-5-13(14-9-7-6-8-10-14)11-12(2)15(16-3)17-4/h6-10,12-13,15H,5,11H2,1-4H3. The molecule has 0 fully saturated rings. The Labute approximate surface area is 105 Å². The molecular formula is C15H24O2. The summed E-state index contributed by atoms with van der Waals surface area (Å²) in [7, 11) is 3.41. The average Bonchev–Trinajstić information content (AvgIpc) is 2.38. The van der Waals surface area contributed by atoms with Crippen molar-refractivity contribution in [2.45, 2.75) is 38.9 Å². The third kappa shape index (κ3) is 4.14. The van der Waals surface area contributed by atoms with E-state index in [2.05, 4.69) is 44.2 Å². The third-order valence-electron chi connectivity index (χ3n) is 3.35. The molecule has 1 aromatic carbocycles. The predicted molar refractivity (Wildman–Crippen MR) is 71.1 cm³/mol. The quantitative estimate of drug-likeness (QED) is 0.670. The first-order valence-electron chi connectivity index (χ1n) is 6.33. The van der Waals surface area contributed by atoms with Gasteiger partial charge in [0, 0.05) is 20.1 Å². The fourth-order valence-electron chi connectivity index (χ4n) is 2.38. The first-order chi connectivity index (χ1) is 8.22. The molecule has 0 bridgehead atoms. The van der Waals surface area contributed by atoms with Crippen LogP contribution in [0.4, 0.5) is 0 Å². The van der Waals surface area contributed by atoms with E-state index in [1.807, 2.05) is 0 Å². The Balaban J connectivity index is 2.64. The van der Waals surface area contributed by atoms with Crippen LogP contribution in [0.1, 0.15) is 38.2 Å². The van der Waals surface area contributed by atoms with E-state index < -0.39 is 0 Å². The van der Waals surface area contributed by atoms with Gasteiger partial charge in [-0.3, -0.25) is 0 Å². The van der Waals surface area contributed by atoms with Gasteiger partial charge in [-0.15, -0.1) is 0 Å². The lowest BCUT2D eigenvalue weighted by molar-refractivity contribution is -0.135. The Morgan fingerprint density at radius 2 is 1.65 bits per heavy atom. The lowest BCUT2D eigenvalue weighted by atomic mass is 9.87. The van der Waals surface area contributed by atoms with Crippen molar-refractivity contribution in [1.29, 1.82) is 0 Å². The highest BCUT2D eigenvalue weighted by Crippen LogP contribution is 2.28. The number of ether oxygens (including phenoxy) is 2. The lowest BCUT2D eigenvalue weighted by Gasteiger charge is -2.25. The molecule has 0 aromatic heterocycles. The maximum absolute atomic E-state index is 5.32. The zero-order chi connectivity index (χ0) is 12.7. The summed E-state index contributed by atoms with van der Waals surface area (Å²) in [6.07, 6.45) is 2.13. The second kappa shape index (κ2) is 7.46. The summed E-state index contributed by atoms with van der Waals surface area (Å²) in [5.41, 5.74) is 1.41. The first kappa shape index (κ1) is 14.2. The van der Waals surface area contributed by atoms with Gasteiger partial charge >= 0.3 is 0 Å². The highest BCUT2D eigenvalue weighted by molar-refractivity contribution is 5.19. The van der Waals surface area contributed by atoms with E-state index in [1.165, 1.54) is 5.56 Å². The second-order valence-electron chi connectivity index (χ2n) is 4.57. The van der Waals surface area contributed by atoms with Gasteiger partial charge in [-0.05, 0) is 24.3 Å². The first-order valence-corrected chi connectivity index (χ1v) is 6.33. The molecule has 96 valence electrons. The van der Waals surface area contributed by atoms with Crippen molar-refractivity contribution in [1.82, 2.24) is 0 Å². The van der Waals surface area contributed by atoms with Gasteiger partial charge < -0.3 is 9.47 Å². The van der Waals surface area contributed by atoms with Crippen molar-refractivity contribution in [2.75, 3.05) is 14.2 Å². The second-order valence-corrected chi connectivity index (χ2v) is 4.57. The Morgan fingerprint density at radius 1 is 1.06 bits per heavy atom.